The van der Waals surface area contributed by atoms with Gasteiger partial charge in [-0.15, -0.1) is 0 Å². The van der Waals surface area contributed by atoms with E-state index in [1.54, 1.807) is 0 Å². The highest BCUT2D eigenvalue weighted by atomic mass is 16.5. The third kappa shape index (κ3) is 2.37. The first kappa shape index (κ1) is 12.0. The van der Waals surface area contributed by atoms with Crippen molar-refractivity contribution in [2.24, 2.45) is 11.7 Å². The summed E-state index contributed by atoms with van der Waals surface area (Å²) in [5.41, 5.74) is 9.49. The Labute approximate surface area is 109 Å². The first-order valence-corrected chi connectivity index (χ1v) is 7.21. The maximum absolute atomic E-state index is 5.95. The normalized spacial score (nSPS) is 19.2. The number of aromatic nitrogens is 1. The van der Waals surface area contributed by atoms with Gasteiger partial charge in [0.05, 0.1) is 6.61 Å². The van der Waals surface area contributed by atoms with Crippen LogP contribution in [0.5, 0.6) is 5.88 Å². The lowest BCUT2D eigenvalue weighted by Crippen LogP contribution is -2.12. The van der Waals surface area contributed by atoms with Gasteiger partial charge in [-0.2, -0.15) is 0 Å². The second kappa shape index (κ2) is 5.27. The highest BCUT2D eigenvalue weighted by molar-refractivity contribution is 5.36. The van der Waals surface area contributed by atoms with Gasteiger partial charge in [0.25, 0.3) is 0 Å². The number of fused-ring (bicyclic) bond motifs is 1. The molecule has 0 bridgehead atoms. The van der Waals surface area contributed by atoms with Crippen LogP contribution in [0, 0.1) is 5.92 Å². The molecule has 0 saturated heterocycles. The molecule has 0 amide bonds. The molecular weight excluding hydrogens is 224 g/mol. The maximum Gasteiger partial charge on any atom is 0.218 e. The average molecular weight is 246 g/mol. The van der Waals surface area contributed by atoms with Crippen LogP contribution in [0.4, 0.5) is 0 Å². The van der Waals surface area contributed by atoms with E-state index in [0.717, 1.165) is 36.8 Å². The van der Waals surface area contributed by atoms with Gasteiger partial charge < -0.3 is 10.5 Å². The zero-order valence-corrected chi connectivity index (χ0v) is 11.0. The van der Waals surface area contributed by atoms with Crippen molar-refractivity contribution in [3.05, 3.63) is 22.9 Å². The van der Waals surface area contributed by atoms with Crippen molar-refractivity contribution in [3.63, 3.8) is 0 Å². The molecular formula is C15H22N2O. The van der Waals surface area contributed by atoms with Crippen molar-refractivity contribution in [1.82, 2.24) is 4.98 Å². The van der Waals surface area contributed by atoms with Gasteiger partial charge in [-0.25, -0.2) is 4.98 Å². The number of hydrogen-bond donors (Lipinski definition) is 1. The Morgan fingerprint density at radius 3 is 2.83 bits per heavy atom. The highest BCUT2D eigenvalue weighted by Crippen LogP contribution is 2.29. The Bertz CT molecular complexity index is 425. The standard InChI is InChI=1S/C15H22N2O/c16-9-13-8-12-6-3-7-14(12)17-15(13)18-10-11-4-1-2-5-11/h8,11H,1-7,9-10,16H2. The van der Waals surface area contributed by atoms with Crippen molar-refractivity contribution in [3.8, 4) is 5.88 Å². The zero-order valence-electron chi connectivity index (χ0n) is 11.0. The lowest BCUT2D eigenvalue weighted by atomic mass is 10.1. The smallest absolute Gasteiger partial charge is 0.218 e. The Balaban J connectivity index is 1.73. The minimum Gasteiger partial charge on any atom is -0.477 e. The first-order valence-electron chi connectivity index (χ1n) is 7.21. The summed E-state index contributed by atoms with van der Waals surface area (Å²) in [6.07, 6.45) is 8.80. The van der Waals surface area contributed by atoms with Gasteiger partial charge in [0.2, 0.25) is 5.88 Å². The molecule has 18 heavy (non-hydrogen) atoms. The third-order valence-electron chi connectivity index (χ3n) is 4.24. The van der Waals surface area contributed by atoms with E-state index in [9.17, 15) is 0 Å². The van der Waals surface area contributed by atoms with Crippen molar-refractivity contribution in [2.75, 3.05) is 6.61 Å². The minimum absolute atomic E-state index is 0.528. The predicted octanol–water partition coefficient (Wildman–Crippen LogP) is 2.60. The molecule has 1 aromatic rings. The van der Waals surface area contributed by atoms with Crippen LogP contribution in [-0.2, 0) is 19.4 Å². The number of ether oxygens (including phenoxy) is 1. The molecule has 2 aliphatic carbocycles. The fourth-order valence-corrected chi connectivity index (χ4v) is 3.15. The molecule has 0 atom stereocenters. The quantitative estimate of drug-likeness (QED) is 0.888. The first-order chi connectivity index (χ1) is 8.86. The molecule has 3 nitrogen and oxygen atoms in total. The van der Waals surface area contributed by atoms with Crippen molar-refractivity contribution in [2.45, 2.75) is 51.5 Å². The molecule has 0 spiro atoms. The number of nitrogens with zero attached hydrogens (tertiary/aromatic N) is 1. The molecule has 3 heteroatoms. The van der Waals surface area contributed by atoms with Crippen LogP contribution in [0.1, 0.15) is 48.9 Å². The van der Waals surface area contributed by atoms with Crippen LogP contribution in [0.25, 0.3) is 0 Å². The maximum atomic E-state index is 5.95. The summed E-state index contributed by atoms with van der Waals surface area (Å²) in [4.78, 5) is 4.68. The zero-order chi connectivity index (χ0) is 12.4. The lowest BCUT2D eigenvalue weighted by molar-refractivity contribution is 0.240. The van der Waals surface area contributed by atoms with Crippen LogP contribution >= 0.6 is 0 Å². The molecule has 98 valence electrons. The van der Waals surface area contributed by atoms with Crippen molar-refractivity contribution in [1.29, 1.82) is 0 Å². The van der Waals surface area contributed by atoms with E-state index in [2.05, 4.69) is 11.1 Å². The number of nitrogens with two attached hydrogens (primary N) is 1. The topological polar surface area (TPSA) is 48.1 Å². The van der Waals surface area contributed by atoms with Crippen LogP contribution in [0.15, 0.2) is 6.07 Å². The molecule has 0 aliphatic heterocycles. The second-order valence-corrected chi connectivity index (χ2v) is 5.58. The summed E-state index contributed by atoms with van der Waals surface area (Å²) in [7, 11) is 0. The van der Waals surface area contributed by atoms with E-state index in [1.807, 2.05) is 0 Å². The highest BCUT2D eigenvalue weighted by Gasteiger charge is 2.19. The van der Waals surface area contributed by atoms with Gasteiger partial charge >= 0.3 is 0 Å². The van der Waals surface area contributed by atoms with Gasteiger partial charge in [-0.3, -0.25) is 0 Å². The molecule has 2 N–H and O–H groups in total. The Kier molecular flexibility index (Phi) is 3.50. The molecule has 1 fully saturated rings. The molecule has 0 aromatic carbocycles. The SMILES string of the molecule is NCc1cc2c(nc1OCC1CCCC1)CCC2. The summed E-state index contributed by atoms with van der Waals surface area (Å²) < 4.78 is 5.95. The van der Waals surface area contributed by atoms with E-state index >= 15 is 0 Å². The summed E-state index contributed by atoms with van der Waals surface area (Å²) in [5, 5.41) is 0. The number of rotatable bonds is 4. The lowest BCUT2D eigenvalue weighted by Gasteiger charge is -2.14. The monoisotopic (exact) mass is 246 g/mol. The van der Waals surface area contributed by atoms with E-state index in [4.69, 9.17) is 10.5 Å². The van der Waals surface area contributed by atoms with Gasteiger partial charge in [0.15, 0.2) is 0 Å². The molecule has 2 aliphatic rings. The molecule has 1 heterocycles. The fourth-order valence-electron chi connectivity index (χ4n) is 3.15. The van der Waals surface area contributed by atoms with E-state index in [0.29, 0.717) is 6.54 Å². The van der Waals surface area contributed by atoms with Crippen LogP contribution in [-0.4, -0.2) is 11.6 Å². The van der Waals surface area contributed by atoms with Crippen LogP contribution in [0.2, 0.25) is 0 Å². The minimum atomic E-state index is 0.528. The third-order valence-corrected chi connectivity index (χ3v) is 4.24. The Morgan fingerprint density at radius 2 is 2.06 bits per heavy atom. The second-order valence-electron chi connectivity index (χ2n) is 5.58. The van der Waals surface area contributed by atoms with Gasteiger partial charge in [-0.1, -0.05) is 12.8 Å². The predicted molar refractivity (Wildman–Crippen MR) is 71.6 cm³/mol. The summed E-state index contributed by atoms with van der Waals surface area (Å²) in [5.74, 6) is 1.52. The fraction of sp³-hybridized carbons (Fsp3) is 0.667. The Hall–Kier alpha value is -1.09. The molecule has 1 saturated carbocycles. The van der Waals surface area contributed by atoms with Gasteiger partial charge in [-0.05, 0) is 49.7 Å². The van der Waals surface area contributed by atoms with Crippen LogP contribution in [0.3, 0.4) is 0 Å². The van der Waals surface area contributed by atoms with Crippen molar-refractivity contribution < 1.29 is 4.74 Å². The number of pyridine rings is 1. The van der Waals surface area contributed by atoms with Crippen LogP contribution < -0.4 is 10.5 Å². The van der Waals surface area contributed by atoms with E-state index in [-0.39, 0.29) is 0 Å². The van der Waals surface area contributed by atoms with Crippen molar-refractivity contribution >= 4 is 0 Å². The summed E-state index contributed by atoms with van der Waals surface area (Å²) >= 11 is 0. The average Bonchev–Trinajstić information content (AvgIpc) is 3.05. The molecule has 3 rings (SSSR count). The van der Waals surface area contributed by atoms with Gasteiger partial charge in [0, 0.05) is 17.8 Å². The Morgan fingerprint density at radius 1 is 1.22 bits per heavy atom. The van der Waals surface area contributed by atoms with E-state index in [1.165, 1.54) is 43.4 Å². The van der Waals surface area contributed by atoms with E-state index < -0.39 is 0 Å². The largest absolute Gasteiger partial charge is 0.477 e. The summed E-state index contributed by atoms with van der Waals surface area (Å²) in [6.45, 7) is 1.35. The summed E-state index contributed by atoms with van der Waals surface area (Å²) in [6, 6.07) is 2.21. The molecule has 0 radical (unpaired) electrons. The number of aryl methyl sites for hydroxylation is 2. The van der Waals surface area contributed by atoms with Gasteiger partial charge in [0.1, 0.15) is 0 Å². The molecule has 1 aromatic heterocycles. The number of hydrogen-bond acceptors (Lipinski definition) is 3. The molecule has 0 unspecified atom stereocenters.